The van der Waals surface area contributed by atoms with E-state index in [1.807, 2.05) is 33.8 Å². The van der Waals surface area contributed by atoms with Gasteiger partial charge in [-0.15, -0.1) is 0 Å². The Balaban J connectivity index is 3.20. The molecule has 1 rings (SSSR count). The van der Waals surface area contributed by atoms with Crippen LogP contribution in [-0.4, -0.2) is 21.0 Å². The highest BCUT2D eigenvalue weighted by Crippen LogP contribution is 2.24. The molecule has 4 nitrogen and oxygen atoms in total. The van der Waals surface area contributed by atoms with Gasteiger partial charge >= 0.3 is 0 Å². The van der Waals surface area contributed by atoms with E-state index in [2.05, 4.69) is 10.0 Å². The third kappa shape index (κ3) is 4.45. The predicted molar refractivity (Wildman–Crippen MR) is 83.6 cm³/mol. The van der Waals surface area contributed by atoms with Gasteiger partial charge in [0.25, 0.3) is 0 Å². The first-order valence-electron chi connectivity index (χ1n) is 6.83. The van der Waals surface area contributed by atoms with Crippen LogP contribution in [0.5, 0.6) is 0 Å². The summed E-state index contributed by atoms with van der Waals surface area (Å²) in [4.78, 5) is 0.262. The first-order valence-corrected chi connectivity index (χ1v) is 8.70. The highest BCUT2D eigenvalue weighted by atomic mass is 35.5. The fourth-order valence-electron chi connectivity index (χ4n) is 1.84. The zero-order chi connectivity index (χ0) is 15.3. The minimum atomic E-state index is -3.53. The lowest BCUT2D eigenvalue weighted by Crippen LogP contribution is -2.32. The SMILES string of the molecule is CCNCc1cc(Cl)cc(S(=O)(=O)NC(C)CC)c1C. The quantitative estimate of drug-likeness (QED) is 0.812. The summed E-state index contributed by atoms with van der Waals surface area (Å²) in [5.41, 5.74) is 1.65. The minimum absolute atomic E-state index is 0.101. The average Bonchev–Trinajstić information content (AvgIpc) is 2.38. The molecule has 0 saturated heterocycles. The van der Waals surface area contributed by atoms with E-state index < -0.39 is 10.0 Å². The van der Waals surface area contributed by atoms with Gasteiger partial charge in [-0.3, -0.25) is 0 Å². The van der Waals surface area contributed by atoms with Gasteiger partial charge in [0.2, 0.25) is 10.0 Å². The molecular formula is C14H23ClN2O2S. The molecule has 20 heavy (non-hydrogen) atoms. The number of halogens is 1. The Labute approximate surface area is 127 Å². The van der Waals surface area contributed by atoms with E-state index in [-0.39, 0.29) is 10.9 Å². The van der Waals surface area contributed by atoms with Crippen LogP contribution in [0.4, 0.5) is 0 Å². The predicted octanol–water partition coefficient (Wildman–Crippen LogP) is 2.83. The Morgan fingerprint density at radius 3 is 2.50 bits per heavy atom. The van der Waals surface area contributed by atoms with Gasteiger partial charge in [-0.1, -0.05) is 25.4 Å². The number of hydrogen-bond acceptors (Lipinski definition) is 3. The normalized spacial score (nSPS) is 13.4. The van der Waals surface area contributed by atoms with Crippen molar-refractivity contribution >= 4 is 21.6 Å². The fourth-order valence-corrected chi connectivity index (χ4v) is 3.79. The van der Waals surface area contributed by atoms with Crippen LogP contribution in [0.3, 0.4) is 0 Å². The third-order valence-electron chi connectivity index (χ3n) is 3.26. The lowest BCUT2D eigenvalue weighted by Gasteiger charge is -2.16. The molecule has 6 heteroatoms. The number of nitrogens with one attached hydrogen (secondary N) is 2. The van der Waals surface area contributed by atoms with Crippen LogP contribution >= 0.6 is 11.6 Å². The summed E-state index contributed by atoms with van der Waals surface area (Å²) in [5.74, 6) is 0. The van der Waals surface area contributed by atoms with Gasteiger partial charge in [-0.2, -0.15) is 0 Å². The number of hydrogen-bond donors (Lipinski definition) is 2. The Hall–Kier alpha value is -0.620. The molecule has 0 heterocycles. The van der Waals surface area contributed by atoms with E-state index in [1.54, 1.807) is 0 Å². The lowest BCUT2D eigenvalue weighted by atomic mass is 10.1. The van der Waals surface area contributed by atoms with Crippen LogP contribution in [0.1, 0.15) is 38.3 Å². The van der Waals surface area contributed by atoms with Crippen LogP contribution in [0.2, 0.25) is 5.02 Å². The van der Waals surface area contributed by atoms with E-state index in [9.17, 15) is 8.42 Å². The maximum absolute atomic E-state index is 12.4. The molecule has 0 aliphatic heterocycles. The summed E-state index contributed by atoms with van der Waals surface area (Å²) in [7, 11) is -3.53. The number of benzene rings is 1. The van der Waals surface area contributed by atoms with Crippen molar-refractivity contribution in [2.75, 3.05) is 6.54 Å². The molecule has 0 amide bonds. The molecule has 1 unspecified atom stereocenters. The second-order valence-electron chi connectivity index (χ2n) is 4.90. The Morgan fingerprint density at radius 2 is 1.95 bits per heavy atom. The summed E-state index contributed by atoms with van der Waals surface area (Å²) in [5, 5.41) is 3.63. The maximum Gasteiger partial charge on any atom is 0.241 e. The van der Waals surface area contributed by atoms with Crippen molar-refractivity contribution in [3.63, 3.8) is 0 Å². The molecule has 1 aromatic carbocycles. The van der Waals surface area contributed by atoms with Crippen molar-refractivity contribution in [3.8, 4) is 0 Å². The second kappa shape index (κ2) is 7.41. The second-order valence-corrected chi connectivity index (χ2v) is 7.02. The van der Waals surface area contributed by atoms with E-state index in [1.165, 1.54) is 6.07 Å². The van der Waals surface area contributed by atoms with Crippen LogP contribution in [-0.2, 0) is 16.6 Å². The molecule has 0 aliphatic carbocycles. The van der Waals surface area contributed by atoms with E-state index in [0.717, 1.165) is 24.1 Å². The Bertz CT molecular complexity index is 559. The van der Waals surface area contributed by atoms with Crippen molar-refractivity contribution in [3.05, 3.63) is 28.3 Å². The summed E-state index contributed by atoms with van der Waals surface area (Å²) in [6.45, 7) is 9.02. The van der Waals surface area contributed by atoms with Crippen LogP contribution < -0.4 is 10.0 Å². The van der Waals surface area contributed by atoms with E-state index in [0.29, 0.717) is 11.6 Å². The standard InChI is InChI=1S/C14H23ClN2O2S/c1-5-10(3)17-20(18,19)14-8-13(15)7-12(11(14)4)9-16-6-2/h7-8,10,16-17H,5-6,9H2,1-4H3. The Kier molecular flexibility index (Phi) is 6.45. The van der Waals surface area contributed by atoms with Crippen molar-refractivity contribution in [1.82, 2.24) is 10.0 Å². The van der Waals surface area contributed by atoms with Crippen LogP contribution in [0.15, 0.2) is 17.0 Å². The zero-order valence-corrected chi connectivity index (χ0v) is 14.0. The molecular weight excluding hydrogens is 296 g/mol. The molecule has 0 aromatic heterocycles. The van der Waals surface area contributed by atoms with Gasteiger partial charge < -0.3 is 5.32 Å². The lowest BCUT2D eigenvalue weighted by molar-refractivity contribution is 0.555. The van der Waals surface area contributed by atoms with Gasteiger partial charge in [-0.25, -0.2) is 13.1 Å². The van der Waals surface area contributed by atoms with Crippen molar-refractivity contribution < 1.29 is 8.42 Å². The van der Waals surface area contributed by atoms with Crippen molar-refractivity contribution in [2.24, 2.45) is 0 Å². The highest BCUT2D eigenvalue weighted by Gasteiger charge is 2.21. The fraction of sp³-hybridized carbons (Fsp3) is 0.571. The smallest absolute Gasteiger partial charge is 0.241 e. The van der Waals surface area contributed by atoms with Crippen molar-refractivity contribution in [1.29, 1.82) is 0 Å². The topological polar surface area (TPSA) is 58.2 Å². The first kappa shape index (κ1) is 17.4. The molecule has 1 atom stereocenters. The molecule has 114 valence electrons. The van der Waals surface area contributed by atoms with Crippen LogP contribution in [0.25, 0.3) is 0 Å². The highest BCUT2D eigenvalue weighted by molar-refractivity contribution is 7.89. The average molecular weight is 319 g/mol. The van der Waals surface area contributed by atoms with E-state index in [4.69, 9.17) is 11.6 Å². The number of sulfonamides is 1. The summed E-state index contributed by atoms with van der Waals surface area (Å²) in [6.07, 6.45) is 0.739. The van der Waals surface area contributed by atoms with Gasteiger partial charge in [-0.05, 0) is 50.1 Å². The molecule has 0 spiro atoms. The molecule has 0 saturated carbocycles. The van der Waals surface area contributed by atoms with Gasteiger partial charge in [0.15, 0.2) is 0 Å². The monoisotopic (exact) mass is 318 g/mol. The third-order valence-corrected chi connectivity index (χ3v) is 5.19. The largest absolute Gasteiger partial charge is 0.313 e. The summed E-state index contributed by atoms with van der Waals surface area (Å²) < 4.78 is 27.5. The molecule has 0 bridgehead atoms. The minimum Gasteiger partial charge on any atom is -0.313 e. The van der Waals surface area contributed by atoms with Crippen molar-refractivity contribution in [2.45, 2.75) is 51.6 Å². The molecule has 0 fully saturated rings. The Morgan fingerprint density at radius 1 is 1.30 bits per heavy atom. The number of rotatable bonds is 7. The molecule has 2 N–H and O–H groups in total. The summed E-state index contributed by atoms with van der Waals surface area (Å²) in [6, 6.07) is 3.22. The van der Waals surface area contributed by atoms with Gasteiger partial charge in [0.05, 0.1) is 4.90 Å². The molecule has 0 aliphatic rings. The zero-order valence-electron chi connectivity index (χ0n) is 12.5. The van der Waals surface area contributed by atoms with Crippen LogP contribution in [0, 0.1) is 6.92 Å². The van der Waals surface area contributed by atoms with Gasteiger partial charge in [0, 0.05) is 17.6 Å². The molecule has 1 aromatic rings. The first-order chi connectivity index (χ1) is 9.31. The maximum atomic E-state index is 12.4. The molecule has 0 radical (unpaired) electrons. The van der Waals surface area contributed by atoms with E-state index >= 15 is 0 Å². The summed E-state index contributed by atoms with van der Waals surface area (Å²) >= 11 is 6.06. The van der Waals surface area contributed by atoms with Gasteiger partial charge in [0.1, 0.15) is 0 Å².